The van der Waals surface area contributed by atoms with E-state index in [1.165, 1.54) is 30.2 Å². The molecule has 4 rings (SSSR count). The quantitative estimate of drug-likeness (QED) is 0.629. The number of hydrogen-bond acceptors (Lipinski definition) is 5. The van der Waals surface area contributed by atoms with E-state index in [4.69, 9.17) is 4.98 Å². The normalized spacial score (nSPS) is 13.8. The molecule has 0 radical (unpaired) electrons. The van der Waals surface area contributed by atoms with Crippen molar-refractivity contribution in [3.63, 3.8) is 0 Å². The summed E-state index contributed by atoms with van der Waals surface area (Å²) < 4.78 is 0. The number of fused-ring (bicyclic) bond motifs is 2. The van der Waals surface area contributed by atoms with Crippen molar-refractivity contribution in [2.75, 3.05) is 11.1 Å². The van der Waals surface area contributed by atoms with Crippen LogP contribution in [-0.4, -0.2) is 21.6 Å². The summed E-state index contributed by atoms with van der Waals surface area (Å²) in [6.45, 7) is 0. The molecule has 1 amide bonds. The van der Waals surface area contributed by atoms with Crippen LogP contribution in [0.3, 0.4) is 0 Å². The Labute approximate surface area is 174 Å². The molecular weight excluding hydrogens is 380 g/mol. The van der Waals surface area contributed by atoms with Crippen LogP contribution in [0.4, 0.5) is 5.69 Å². The molecule has 0 saturated carbocycles. The molecule has 0 unspecified atom stereocenters. The maximum absolute atomic E-state index is 12.4. The van der Waals surface area contributed by atoms with E-state index in [9.17, 15) is 10.1 Å². The summed E-state index contributed by atoms with van der Waals surface area (Å²) in [5.41, 5.74) is 4.40. The summed E-state index contributed by atoms with van der Waals surface area (Å²) in [6, 6.07) is 13.9. The molecule has 29 heavy (non-hydrogen) atoms. The number of aryl methyl sites for hydroxylation is 2. The van der Waals surface area contributed by atoms with Gasteiger partial charge in [-0.25, -0.2) is 4.98 Å². The molecule has 2 heterocycles. The maximum atomic E-state index is 12.4. The lowest BCUT2D eigenvalue weighted by Gasteiger charge is -2.15. The Morgan fingerprint density at radius 1 is 1.14 bits per heavy atom. The molecule has 1 N–H and O–H groups in total. The first-order valence-electron chi connectivity index (χ1n) is 9.93. The highest BCUT2D eigenvalue weighted by molar-refractivity contribution is 8.00. The smallest absolute Gasteiger partial charge is 0.234 e. The summed E-state index contributed by atoms with van der Waals surface area (Å²) in [5.74, 6) is 0.0670. The van der Waals surface area contributed by atoms with Gasteiger partial charge in [-0.2, -0.15) is 5.26 Å². The van der Waals surface area contributed by atoms with Crippen LogP contribution in [0.5, 0.6) is 0 Å². The van der Waals surface area contributed by atoms with Gasteiger partial charge in [0.25, 0.3) is 0 Å². The molecule has 1 aromatic carbocycles. The van der Waals surface area contributed by atoms with Gasteiger partial charge < -0.3 is 5.32 Å². The molecule has 5 nitrogen and oxygen atoms in total. The zero-order valence-electron chi connectivity index (χ0n) is 16.1. The summed E-state index contributed by atoms with van der Waals surface area (Å²) in [6.07, 6.45) is 8.34. The Hall–Kier alpha value is -2.91. The van der Waals surface area contributed by atoms with Crippen molar-refractivity contribution in [3.05, 3.63) is 59.4 Å². The van der Waals surface area contributed by atoms with E-state index in [-0.39, 0.29) is 11.7 Å². The highest BCUT2D eigenvalue weighted by Crippen LogP contribution is 2.27. The summed E-state index contributed by atoms with van der Waals surface area (Å²) in [7, 11) is 0. The summed E-state index contributed by atoms with van der Waals surface area (Å²) in [5, 5.41) is 14.1. The number of carbonyl (C=O) groups excluding carboxylic acids is 1. The van der Waals surface area contributed by atoms with E-state index < -0.39 is 0 Å². The number of nitriles is 1. The first-order valence-corrected chi connectivity index (χ1v) is 10.9. The highest BCUT2D eigenvalue weighted by atomic mass is 32.2. The van der Waals surface area contributed by atoms with Gasteiger partial charge in [-0.15, -0.1) is 0 Å². The molecule has 1 aliphatic rings. The van der Waals surface area contributed by atoms with Crippen LogP contribution in [0.25, 0.3) is 10.9 Å². The number of amides is 1. The van der Waals surface area contributed by atoms with Crippen molar-refractivity contribution in [3.8, 4) is 6.07 Å². The van der Waals surface area contributed by atoms with Gasteiger partial charge in [0.1, 0.15) is 11.1 Å². The molecule has 0 spiro atoms. The molecule has 3 aromatic rings. The number of rotatable bonds is 4. The Bertz CT molecular complexity index is 1090. The Balaban J connectivity index is 1.45. The third-order valence-corrected chi connectivity index (χ3v) is 6.09. The predicted molar refractivity (Wildman–Crippen MR) is 116 cm³/mol. The monoisotopic (exact) mass is 402 g/mol. The van der Waals surface area contributed by atoms with Crippen LogP contribution in [0, 0.1) is 11.3 Å². The van der Waals surface area contributed by atoms with Crippen molar-refractivity contribution >= 4 is 34.3 Å². The van der Waals surface area contributed by atoms with Crippen molar-refractivity contribution in [2.24, 2.45) is 0 Å². The molecule has 0 saturated heterocycles. The first-order chi connectivity index (χ1) is 14.2. The highest BCUT2D eigenvalue weighted by Gasteiger charge is 2.15. The minimum atomic E-state index is -0.135. The third kappa shape index (κ3) is 4.75. The van der Waals surface area contributed by atoms with Crippen LogP contribution in [0.2, 0.25) is 0 Å². The molecule has 6 heteroatoms. The molecule has 1 aliphatic carbocycles. The average Bonchev–Trinajstić information content (AvgIpc) is 2.72. The standard InChI is InChI=1S/C23H22N4OS/c24-13-18-11-16-7-3-1-2-4-10-21(16)27-23(18)29-15-22(28)26-19-12-17-8-5-6-9-20(17)25-14-19/h5-6,8-9,11-12,14H,1-4,7,10,15H2,(H,26,28). The minimum absolute atomic E-state index is 0.135. The second kappa shape index (κ2) is 9.06. The minimum Gasteiger partial charge on any atom is -0.324 e. The number of nitrogens with one attached hydrogen (secondary N) is 1. The lowest BCUT2D eigenvalue weighted by molar-refractivity contribution is -0.113. The molecule has 0 fully saturated rings. The van der Waals surface area contributed by atoms with E-state index in [2.05, 4.69) is 16.4 Å². The summed E-state index contributed by atoms with van der Waals surface area (Å²) >= 11 is 1.32. The SMILES string of the molecule is N#Cc1cc2c(nc1SCC(=O)Nc1cnc3ccccc3c1)CCCCCC2. The number of nitrogens with zero attached hydrogens (tertiary/aromatic N) is 3. The van der Waals surface area contributed by atoms with Gasteiger partial charge >= 0.3 is 0 Å². The largest absolute Gasteiger partial charge is 0.324 e. The molecule has 0 bridgehead atoms. The first kappa shape index (κ1) is 19.4. The van der Waals surface area contributed by atoms with Gasteiger partial charge in [0.15, 0.2) is 0 Å². The predicted octanol–water partition coefficient (Wildman–Crippen LogP) is 4.89. The second-order valence-corrected chi connectivity index (χ2v) is 8.19. The molecule has 146 valence electrons. The van der Waals surface area contributed by atoms with E-state index in [1.54, 1.807) is 6.20 Å². The van der Waals surface area contributed by atoms with E-state index >= 15 is 0 Å². The van der Waals surface area contributed by atoms with Gasteiger partial charge in [-0.3, -0.25) is 9.78 Å². The van der Waals surface area contributed by atoms with Crippen LogP contribution in [0.15, 0.2) is 47.6 Å². The van der Waals surface area contributed by atoms with Gasteiger partial charge in [-0.1, -0.05) is 42.8 Å². The average molecular weight is 403 g/mol. The van der Waals surface area contributed by atoms with Gasteiger partial charge in [-0.05, 0) is 49.4 Å². The lowest BCUT2D eigenvalue weighted by Crippen LogP contribution is -2.14. The number of aromatic nitrogens is 2. The number of thioether (sulfide) groups is 1. The number of hydrogen-bond donors (Lipinski definition) is 1. The number of carbonyl (C=O) groups is 1. The van der Waals surface area contributed by atoms with Crippen LogP contribution in [0.1, 0.15) is 42.5 Å². The third-order valence-electron chi connectivity index (χ3n) is 5.10. The van der Waals surface area contributed by atoms with Crippen molar-refractivity contribution in [1.29, 1.82) is 5.26 Å². The fraction of sp³-hybridized carbons (Fsp3) is 0.304. The van der Waals surface area contributed by atoms with Gasteiger partial charge in [0, 0.05) is 11.1 Å². The van der Waals surface area contributed by atoms with E-state index in [0.29, 0.717) is 16.3 Å². The van der Waals surface area contributed by atoms with Crippen LogP contribution >= 0.6 is 11.8 Å². The summed E-state index contributed by atoms with van der Waals surface area (Å²) in [4.78, 5) is 21.6. The number of benzene rings is 1. The fourth-order valence-electron chi connectivity index (χ4n) is 3.63. The Kier molecular flexibility index (Phi) is 6.06. The van der Waals surface area contributed by atoms with E-state index in [1.807, 2.05) is 36.4 Å². The van der Waals surface area contributed by atoms with Gasteiger partial charge in [0.05, 0.1) is 28.7 Å². The number of pyridine rings is 2. The fourth-order valence-corrected chi connectivity index (χ4v) is 4.40. The Morgan fingerprint density at radius 2 is 1.97 bits per heavy atom. The lowest BCUT2D eigenvalue weighted by atomic mass is 9.96. The zero-order chi connectivity index (χ0) is 20.1. The van der Waals surface area contributed by atoms with Gasteiger partial charge in [0.2, 0.25) is 5.91 Å². The second-order valence-electron chi connectivity index (χ2n) is 7.23. The maximum Gasteiger partial charge on any atom is 0.234 e. The van der Waals surface area contributed by atoms with Crippen molar-refractivity contribution in [1.82, 2.24) is 9.97 Å². The Morgan fingerprint density at radius 3 is 2.83 bits per heavy atom. The van der Waals surface area contributed by atoms with E-state index in [0.717, 1.165) is 42.3 Å². The molecule has 2 aromatic heterocycles. The number of para-hydroxylation sites is 1. The van der Waals surface area contributed by atoms with Crippen LogP contribution < -0.4 is 5.32 Å². The van der Waals surface area contributed by atoms with Crippen LogP contribution in [-0.2, 0) is 17.6 Å². The number of anilines is 1. The molecular formula is C23H22N4OS. The topological polar surface area (TPSA) is 78.7 Å². The zero-order valence-corrected chi connectivity index (χ0v) is 17.0. The molecule has 0 aliphatic heterocycles. The van der Waals surface area contributed by atoms with Crippen molar-refractivity contribution in [2.45, 2.75) is 43.6 Å². The molecule has 0 atom stereocenters. The van der Waals surface area contributed by atoms with Crippen molar-refractivity contribution < 1.29 is 4.79 Å².